The Hall–Kier alpha value is -3.21. The van der Waals surface area contributed by atoms with Gasteiger partial charge in [-0.3, -0.25) is 9.78 Å². The molecule has 0 aliphatic carbocycles. The van der Waals surface area contributed by atoms with Crippen molar-refractivity contribution in [3.8, 4) is 0 Å². The molecule has 0 N–H and O–H groups in total. The van der Waals surface area contributed by atoms with Crippen LogP contribution in [-0.4, -0.2) is 41.0 Å². The Morgan fingerprint density at radius 3 is 2.76 bits per heavy atom. The van der Waals surface area contributed by atoms with Crippen LogP contribution in [0.3, 0.4) is 0 Å². The normalized spacial score (nSPS) is 16.1. The summed E-state index contributed by atoms with van der Waals surface area (Å²) in [7, 11) is 0. The van der Waals surface area contributed by atoms with Crippen molar-refractivity contribution in [2.75, 3.05) is 13.2 Å². The Bertz CT molecular complexity index is 998. The van der Waals surface area contributed by atoms with E-state index in [4.69, 9.17) is 4.74 Å². The largest absolute Gasteiger partial charge is 0.464 e. The zero-order valence-corrected chi connectivity index (χ0v) is 16.3. The van der Waals surface area contributed by atoms with Gasteiger partial charge in [0.15, 0.2) is 0 Å². The molecule has 29 heavy (non-hydrogen) atoms. The molecule has 0 radical (unpaired) electrons. The Balaban J connectivity index is 1.34. The van der Waals surface area contributed by atoms with E-state index in [9.17, 15) is 9.59 Å². The highest BCUT2D eigenvalue weighted by Crippen LogP contribution is 2.21. The first kappa shape index (κ1) is 19.1. The maximum atomic E-state index is 12.7. The average Bonchev–Trinajstić information content (AvgIpc) is 3.25. The minimum atomic E-state index is -0.472. The van der Waals surface area contributed by atoms with Gasteiger partial charge in [0, 0.05) is 24.5 Å². The topological polar surface area (TPSA) is 59.5 Å². The number of carbonyl (C=O) groups is 2. The van der Waals surface area contributed by atoms with E-state index in [2.05, 4.69) is 4.98 Å². The van der Waals surface area contributed by atoms with Crippen molar-refractivity contribution in [3.63, 3.8) is 0 Å². The van der Waals surface area contributed by atoms with Crippen LogP contribution in [-0.2, 0) is 27.2 Å². The van der Waals surface area contributed by atoms with Gasteiger partial charge in [0.1, 0.15) is 6.04 Å². The van der Waals surface area contributed by atoms with E-state index >= 15 is 0 Å². The molecule has 1 aliphatic rings. The molecular weight excluding hydrogens is 364 g/mol. The van der Waals surface area contributed by atoms with Crippen molar-refractivity contribution in [1.29, 1.82) is 0 Å². The number of nitrogens with zero attached hydrogens (tertiary/aromatic N) is 2. The summed E-state index contributed by atoms with van der Waals surface area (Å²) in [5, 5.41) is 1.08. The third-order valence-corrected chi connectivity index (χ3v) is 5.40. The van der Waals surface area contributed by atoms with Crippen molar-refractivity contribution >= 4 is 22.8 Å². The molecule has 1 aliphatic heterocycles. The number of hydrogen-bond acceptors (Lipinski definition) is 4. The molecule has 1 aromatic heterocycles. The monoisotopic (exact) mass is 388 g/mol. The van der Waals surface area contributed by atoms with Crippen LogP contribution in [0, 0.1) is 0 Å². The summed E-state index contributed by atoms with van der Waals surface area (Å²) in [6.45, 7) is 0.907. The van der Waals surface area contributed by atoms with E-state index in [0.717, 1.165) is 28.5 Å². The Kier molecular flexibility index (Phi) is 5.84. The second kappa shape index (κ2) is 8.86. The van der Waals surface area contributed by atoms with Gasteiger partial charge in [0.25, 0.3) is 0 Å². The van der Waals surface area contributed by atoms with E-state index in [1.54, 1.807) is 11.1 Å². The third-order valence-electron chi connectivity index (χ3n) is 5.40. The van der Waals surface area contributed by atoms with Gasteiger partial charge < -0.3 is 9.64 Å². The molecule has 148 valence electrons. The summed E-state index contributed by atoms with van der Waals surface area (Å²) in [5.41, 5.74) is 3.00. The van der Waals surface area contributed by atoms with Gasteiger partial charge in [-0.25, -0.2) is 4.79 Å². The first-order chi connectivity index (χ1) is 14.2. The van der Waals surface area contributed by atoms with E-state index in [-0.39, 0.29) is 11.9 Å². The number of amides is 1. The average molecular weight is 388 g/mol. The van der Waals surface area contributed by atoms with Gasteiger partial charge in [-0.05, 0) is 36.1 Å². The highest BCUT2D eigenvalue weighted by molar-refractivity contribution is 5.86. The Labute approximate surface area is 170 Å². The predicted octanol–water partition coefficient (Wildman–Crippen LogP) is 3.55. The van der Waals surface area contributed by atoms with Crippen LogP contribution in [0.5, 0.6) is 0 Å². The smallest absolute Gasteiger partial charge is 0.328 e. The molecule has 2 heterocycles. The number of aromatic nitrogens is 1. The number of benzene rings is 2. The molecule has 5 heteroatoms. The fourth-order valence-corrected chi connectivity index (χ4v) is 3.93. The number of carbonyl (C=O) groups excluding carboxylic acids is 2. The molecular formula is C24H24N2O3. The summed E-state index contributed by atoms with van der Waals surface area (Å²) in [6, 6.07) is 19.1. The number of esters is 1. The number of hydrogen-bond donors (Lipinski definition) is 0. The van der Waals surface area contributed by atoms with Crippen LogP contribution in [0.25, 0.3) is 10.9 Å². The molecule has 1 atom stereocenters. The molecule has 5 nitrogen and oxygen atoms in total. The lowest BCUT2D eigenvalue weighted by atomic mass is 10.1. The van der Waals surface area contributed by atoms with Crippen molar-refractivity contribution in [1.82, 2.24) is 9.88 Å². The first-order valence-electron chi connectivity index (χ1n) is 10.0. The second-order valence-electron chi connectivity index (χ2n) is 7.31. The van der Waals surface area contributed by atoms with Gasteiger partial charge in [-0.15, -0.1) is 0 Å². The van der Waals surface area contributed by atoms with Crippen LogP contribution in [0.15, 0.2) is 66.9 Å². The standard InChI is InChI=1S/C24H24N2O3/c27-23(17-18-7-2-1-3-8-18)26-15-6-12-22(26)24(28)29-16-13-19-9-4-11-21-20(19)10-5-14-25-21/h1-5,7-11,14,22H,6,12-13,15-17H2. The fraction of sp³-hybridized carbons (Fsp3) is 0.292. The lowest BCUT2D eigenvalue weighted by molar-refractivity contribution is -0.153. The minimum absolute atomic E-state index is 0.0178. The van der Waals surface area contributed by atoms with E-state index in [1.807, 2.05) is 60.7 Å². The first-order valence-corrected chi connectivity index (χ1v) is 10.0. The predicted molar refractivity (Wildman–Crippen MR) is 111 cm³/mol. The zero-order chi connectivity index (χ0) is 20.1. The van der Waals surface area contributed by atoms with Crippen LogP contribution < -0.4 is 0 Å². The van der Waals surface area contributed by atoms with Gasteiger partial charge >= 0.3 is 5.97 Å². The molecule has 2 aromatic carbocycles. The van der Waals surface area contributed by atoms with Crippen molar-refractivity contribution < 1.29 is 14.3 Å². The Morgan fingerprint density at radius 1 is 1.03 bits per heavy atom. The number of pyridine rings is 1. The summed E-state index contributed by atoms with van der Waals surface area (Å²) >= 11 is 0. The van der Waals surface area contributed by atoms with Gasteiger partial charge in [-0.2, -0.15) is 0 Å². The van der Waals surface area contributed by atoms with Crippen LogP contribution in [0.1, 0.15) is 24.0 Å². The minimum Gasteiger partial charge on any atom is -0.464 e. The van der Waals surface area contributed by atoms with E-state index in [0.29, 0.717) is 32.4 Å². The molecule has 0 bridgehead atoms. The van der Waals surface area contributed by atoms with Crippen molar-refractivity contribution in [2.45, 2.75) is 31.7 Å². The number of rotatable bonds is 6. The van der Waals surface area contributed by atoms with Crippen LogP contribution in [0.4, 0.5) is 0 Å². The molecule has 1 saturated heterocycles. The van der Waals surface area contributed by atoms with Gasteiger partial charge in [0.2, 0.25) is 5.91 Å². The summed E-state index contributed by atoms with van der Waals surface area (Å²) in [6.07, 6.45) is 4.20. The molecule has 1 amide bonds. The highest BCUT2D eigenvalue weighted by Gasteiger charge is 2.35. The Morgan fingerprint density at radius 2 is 1.90 bits per heavy atom. The summed E-state index contributed by atoms with van der Waals surface area (Å²) in [5.74, 6) is -0.321. The molecule has 3 aromatic rings. The van der Waals surface area contributed by atoms with E-state index in [1.165, 1.54) is 0 Å². The zero-order valence-electron chi connectivity index (χ0n) is 16.3. The van der Waals surface area contributed by atoms with Crippen molar-refractivity contribution in [3.05, 3.63) is 78.0 Å². The number of fused-ring (bicyclic) bond motifs is 1. The highest BCUT2D eigenvalue weighted by atomic mass is 16.5. The molecule has 1 fully saturated rings. The molecule has 0 spiro atoms. The molecule has 4 rings (SSSR count). The maximum absolute atomic E-state index is 12.7. The third kappa shape index (κ3) is 4.45. The SMILES string of the molecule is O=C(OCCc1cccc2ncccc12)C1CCCN1C(=O)Cc1ccccc1. The maximum Gasteiger partial charge on any atom is 0.328 e. The van der Waals surface area contributed by atoms with Crippen molar-refractivity contribution in [2.24, 2.45) is 0 Å². The summed E-state index contributed by atoms with van der Waals surface area (Å²) in [4.78, 5) is 31.4. The molecule has 0 saturated carbocycles. The molecule has 1 unspecified atom stereocenters. The van der Waals surface area contributed by atoms with Gasteiger partial charge in [0.05, 0.1) is 18.5 Å². The number of ether oxygens (including phenoxy) is 1. The second-order valence-corrected chi connectivity index (χ2v) is 7.31. The quantitative estimate of drug-likeness (QED) is 0.606. The fourth-order valence-electron chi connectivity index (χ4n) is 3.93. The lowest BCUT2D eigenvalue weighted by Crippen LogP contribution is -2.42. The summed E-state index contributed by atoms with van der Waals surface area (Å²) < 4.78 is 5.56. The lowest BCUT2D eigenvalue weighted by Gasteiger charge is -2.23. The van der Waals surface area contributed by atoms with E-state index < -0.39 is 6.04 Å². The van der Waals surface area contributed by atoms with Crippen LogP contribution in [0.2, 0.25) is 0 Å². The van der Waals surface area contributed by atoms with Crippen LogP contribution >= 0.6 is 0 Å². The number of likely N-dealkylation sites (tertiary alicyclic amines) is 1. The van der Waals surface area contributed by atoms with Gasteiger partial charge in [-0.1, -0.05) is 48.5 Å².